The van der Waals surface area contributed by atoms with Gasteiger partial charge in [-0.1, -0.05) is 0 Å². The van der Waals surface area contributed by atoms with Crippen molar-refractivity contribution in [2.75, 3.05) is 0 Å². The minimum absolute atomic E-state index is 0.223. The fourth-order valence-corrected chi connectivity index (χ4v) is 1.60. The lowest BCUT2D eigenvalue weighted by atomic mass is 10.2. The Balaban J connectivity index is 2.32. The second-order valence-electron chi connectivity index (χ2n) is 3.50. The first-order valence-corrected chi connectivity index (χ1v) is 4.94. The van der Waals surface area contributed by atoms with E-state index < -0.39 is 5.82 Å². The summed E-state index contributed by atoms with van der Waals surface area (Å²) in [5.41, 5.74) is 0.0423. The lowest BCUT2D eigenvalue weighted by Gasteiger charge is -2.02. The van der Waals surface area contributed by atoms with Crippen LogP contribution in [0.5, 0.6) is 0 Å². The first-order valence-electron chi connectivity index (χ1n) is 4.94. The largest absolute Gasteiger partial charge is 0.290 e. The third kappa shape index (κ3) is 1.59. The molecule has 3 aromatic rings. The molecular formula is C11H7FN4O. The molecule has 0 aliphatic heterocycles. The smallest absolute Gasteiger partial charge is 0.260 e. The lowest BCUT2D eigenvalue weighted by molar-refractivity contribution is 0.629. The second kappa shape index (κ2) is 3.51. The fourth-order valence-electron chi connectivity index (χ4n) is 1.60. The van der Waals surface area contributed by atoms with Crippen LogP contribution in [0.25, 0.3) is 16.9 Å². The van der Waals surface area contributed by atoms with Gasteiger partial charge < -0.3 is 0 Å². The van der Waals surface area contributed by atoms with E-state index >= 15 is 0 Å². The molecule has 0 saturated carbocycles. The average molecular weight is 230 g/mol. The Bertz CT molecular complexity index is 733. The summed E-state index contributed by atoms with van der Waals surface area (Å²) in [7, 11) is 0. The van der Waals surface area contributed by atoms with Gasteiger partial charge in [-0.15, -0.1) is 0 Å². The van der Waals surface area contributed by atoms with Gasteiger partial charge in [-0.2, -0.15) is 5.10 Å². The lowest BCUT2D eigenvalue weighted by Crippen LogP contribution is -2.13. The molecule has 2 aromatic heterocycles. The van der Waals surface area contributed by atoms with Crippen molar-refractivity contribution in [3.8, 4) is 5.95 Å². The molecule has 0 aliphatic rings. The highest BCUT2D eigenvalue weighted by Gasteiger charge is 2.06. The zero-order chi connectivity index (χ0) is 11.8. The van der Waals surface area contributed by atoms with Gasteiger partial charge in [0.25, 0.3) is 5.56 Å². The Hall–Kier alpha value is -2.50. The molecule has 0 radical (unpaired) electrons. The number of H-pyrrole nitrogens is 1. The number of aromatic nitrogens is 4. The second-order valence-corrected chi connectivity index (χ2v) is 3.50. The van der Waals surface area contributed by atoms with Crippen LogP contribution in [-0.4, -0.2) is 19.7 Å². The monoisotopic (exact) mass is 230 g/mol. The Morgan fingerprint density at radius 2 is 2.24 bits per heavy atom. The molecule has 84 valence electrons. The molecule has 3 rings (SSSR count). The molecule has 0 saturated heterocycles. The topological polar surface area (TPSA) is 63.6 Å². The number of hydrogen-bond acceptors (Lipinski definition) is 3. The molecular weight excluding hydrogens is 223 g/mol. The Morgan fingerprint density at radius 3 is 3.00 bits per heavy atom. The molecule has 5 nitrogen and oxygen atoms in total. The number of fused-ring (bicyclic) bond motifs is 1. The van der Waals surface area contributed by atoms with Crippen molar-refractivity contribution in [2.45, 2.75) is 0 Å². The van der Waals surface area contributed by atoms with Gasteiger partial charge in [-0.05, 0) is 24.3 Å². The van der Waals surface area contributed by atoms with E-state index in [9.17, 15) is 9.18 Å². The summed E-state index contributed by atoms with van der Waals surface area (Å²) in [5, 5.41) is 4.18. The molecule has 0 fully saturated rings. The van der Waals surface area contributed by atoms with Crippen molar-refractivity contribution in [3.05, 3.63) is 52.8 Å². The molecule has 6 heteroatoms. The first-order chi connectivity index (χ1) is 8.24. The van der Waals surface area contributed by atoms with Crippen LogP contribution in [-0.2, 0) is 0 Å². The van der Waals surface area contributed by atoms with Crippen molar-refractivity contribution in [2.24, 2.45) is 0 Å². The van der Waals surface area contributed by atoms with Crippen molar-refractivity contribution in [1.29, 1.82) is 0 Å². The van der Waals surface area contributed by atoms with Crippen LogP contribution in [0.15, 0.2) is 41.5 Å². The fraction of sp³-hybridized carbons (Fsp3) is 0. The van der Waals surface area contributed by atoms with Crippen molar-refractivity contribution >= 4 is 10.9 Å². The summed E-state index contributed by atoms with van der Waals surface area (Å²) in [6, 6.07) is 5.61. The number of nitrogens with zero attached hydrogens (tertiary/aromatic N) is 3. The van der Waals surface area contributed by atoms with E-state index in [1.165, 1.54) is 16.8 Å². The van der Waals surface area contributed by atoms with Gasteiger partial charge >= 0.3 is 0 Å². The molecule has 0 aliphatic carbocycles. The third-order valence-corrected chi connectivity index (χ3v) is 2.38. The maximum Gasteiger partial charge on any atom is 0.260 e. The molecule has 0 amide bonds. The van der Waals surface area contributed by atoms with E-state index in [1.54, 1.807) is 18.5 Å². The SMILES string of the molecule is O=c1[nH]c(-n2cccn2)nc2ccc(F)cc12. The van der Waals surface area contributed by atoms with Gasteiger partial charge in [0.2, 0.25) is 5.95 Å². The van der Waals surface area contributed by atoms with Crippen LogP contribution >= 0.6 is 0 Å². The number of aromatic amines is 1. The maximum atomic E-state index is 13.0. The predicted octanol–water partition coefficient (Wildman–Crippen LogP) is 1.25. The van der Waals surface area contributed by atoms with E-state index in [2.05, 4.69) is 15.1 Å². The molecule has 0 unspecified atom stereocenters. The van der Waals surface area contributed by atoms with Gasteiger partial charge in [0.15, 0.2) is 0 Å². The van der Waals surface area contributed by atoms with Crippen LogP contribution in [0.2, 0.25) is 0 Å². The highest BCUT2D eigenvalue weighted by atomic mass is 19.1. The molecule has 17 heavy (non-hydrogen) atoms. The highest BCUT2D eigenvalue weighted by Crippen LogP contribution is 2.10. The molecule has 1 aromatic carbocycles. The maximum absolute atomic E-state index is 13.0. The number of hydrogen-bond donors (Lipinski definition) is 1. The number of rotatable bonds is 1. The summed E-state index contributed by atoms with van der Waals surface area (Å²) in [6.45, 7) is 0. The summed E-state index contributed by atoms with van der Waals surface area (Å²) in [4.78, 5) is 18.5. The predicted molar refractivity (Wildman–Crippen MR) is 59.4 cm³/mol. The summed E-state index contributed by atoms with van der Waals surface area (Å²) >= 11 is 0. The van der Waals surface area contributed by atoms with Gasteiger partial charge in [-0.3, -0.25) is 9.78 Å². The molecule has 0 atom stereocenters. The Kier molecular flexibility index (Phi) is 2.01. The zero-order valence-corrected chi connectivity index (χ0v) is 8.59. The number of benzene rings is 1. The van der Waals surface area contributed by atoms with Crippen LogP contribution in [0.1, 0.15) is 0 Å². The molecule has 0 spiro atoms. The van der Waals surface area contributed by atoms with E-state index in [4.69, 9.17) is 0 Å². The van der Waals surface area contributed by atoms with Gasteiger partial charge in [0.05, 0.1) is 10.9 Å². The van der Waals surface area contributed by atoms with E-state index in [0.29, 0.717) is 11.5 Å². The van der Waals surface area contributed by atoms with Crippen LogP contribution < -0.4 is 5.56 Å². The van der Waals surface area contributed by atoms with Crippen LogP contribution in [0, 0.1) is 5.82 Å². The first kappa shape index (κ1) is 9.71. The minimum atomic E-state index is -0.461. The van der Waals surface area contributed by atoms with Crippen LogP contribution in [0.3, 0.4) is 0 Å². The van der Waals surface area contributed by atoms with Gasteiger partial charge in [0, 0.05) is 12.4 Å². The van der Waals surface area contributed by atoms with E-state index in [1.807, 2.05) is 0 Å². The quantitative estimate of drug-likeness (QED) is 0.684. The average Bonchev–Trinajstić information content (AvgIpc) is 2.83. The Morgan fingerprint density at radius 1 is 1.35 bits per heavy atom. The van der Waals surface area contributed by atoms with Crippen molar-refractivity contribution in [1.82, 2.24) is 19.7 Å². The number of halogens is 1. The van der Waals surface area contributed by atoms with Crippen LogP contribution in [0.4, 0.5) is 4.39 Å². The zero-order valence-electron chi connectivity index (χ0n) is 8.59. The van der Waals surface area contributed by atoms with Crippen molar-refractivity contribution < 1.29 is 4.39 Å². The third-order valence-electron chi connectivity index (χ3n) is 2.38. The molecule has 1 N–H and O–H groups in total. The standard InChI is InChI=1S/C11H7FN4O/c12-7-2-3-9-8(6-7)10(17)15-11(14-9)16-5-1-4-13-16/h1-6H,(H,14,15,17). The highest BCUT2D eigenvalue weighted by molar-refractivity contribution is 5.77. The van der Waals surface area contributed by atoms with E-state index in [-0.39, 0.29) is 10.9 Å². The summed E-state index contributed by atoms with van der Waals surface area (Å²) < 4.78 is 14.4. The van der Waals surface area contributed by atoms with Gasteiger partial charge in [-0.25, -0.2) is 14.1 Å². The van der Waals surface area contributed by atoms with Gasteiger partial charge in [0.1, 0.15) is 5.82 Å². The van der Waals surface area contributed by atoms with Crippen molar-refractivity contribution in [3.63, 3.8) is 0 Å². The normalized spacial score (nSPS) is 10.9. The van der Waals surface area contributed by atoms with E-state index in [0.717, 1.165) is 6.07 Å². The molecule has 2 heterocycles. The molecule has 0 bridgehead atoms. The summed E-state index contributed by atoms with van der Waals surface area (Å²) in [5.74, 6) is -0.157. The number of nitrogens with one attached hydrogen (secondary N) is 1. The Labute approximate surface area is 94.5 Å². The summed E-state index contributed by atoms with van der Waals surface area (Å²) in [6.07, 6.45) is 3.24. The minimum Gasteiger partial charge on any atom is -0.290 e.